The Bertz CT molecular complexity index is 874. The molecule has 0 bridgehead atoms. The molecule has 8 heteroatoms. The van der Waals surface area contributed by atoms with Crippen molar-refractivity contribution in [2.75, 3.05) is 33.5 Å². The Hall–Kier alpha value is -3.36. The van der Waals surface area contributed by atoms with E-state index in [1.165, 1.54) is 12.1 Å². The van der Waals surface area contributed by atoms with Gasteiger partial charge in [0.05, 0.1) is 32.7 Å². The molecule has 0 radical (unpaired) electrons. The molecule has 0 heterocycles. The van der Waals surface area contributed by atoms with Gasteiger partial charge in [-0.15, -0.1) is 0 Å². The van der Waals surface area contributed by atoms with Crippen molar-refractivity contribution in [1.29, 1.82) is 0 Å². The minimum Gasteiger partial charge on any atom is -0.508 e. The van der Waals surface area contributed by atoms with Gasteiger partial charge in [0.2, 0.25) is 0 Å². The molecule has 0 aromatic heterocycles. The lowest BCUT2D eigenvalue weighted by Gasteiger charge is -2.07. The van der Waals surface area contributed by atoms with Crippen LogP contribution in [-0.2, 0) is 23.8 Å². The molecule has 0 saturated heterocycles. The summed E-state index contributed by atoms with van der Waals surface area (Å²) in [5, 5.41) is 19.2. The highest BCUT2D eigenvalue weighted by atomic mass is 16.6. The van der Waals surface area contributed by atoms with Gasteiger partial charge in [0, 0.05) is 13.2 Å². The summed E-state index contributed by atoms with van der Waals surface area (Å²) in [6.07, 6.45) is 3.24. The lowest BCUT2D eigenvalue weighted by Crippen LogP contribution is -2.15. The second-order valence-electron chi connectivity index (χ2n) is 6.48. The summed E-state index contributed by atoms with van der Waals surface area (Å²) in [6, 6.07) is 11.0. The first-order valence-corrected chi connectivity index (χ1v) is 9.70. The number of methoxy groups -OCH3 is 1. The Morgan fingerprint density at radius 3 is 2.23 bits per heavy atom. The molecule has 2 N–H and O–H groups in total. The Kier molecular flexibility index (Phi) is 10.1. The Balaban J connectivity index is 1.79. The quantitative estimate of drug-likeness (QED) is 0.229. The van der Waals surface area contributed by atoms with Crippen molar-refractivity contribution < 1.29 is 38.7 Å². The zero-order chi connectivity index (χ0) is 22.5. The van der Waals surface area contributed by atoms with E-state index < -0.39 is 11.9 Å². The summed E-state index contributed by atoms with van der Waals surface area (Å²) >= 11 is 0. The minimum absolute atomic E-state index is 0.0662. The molecule has 2 aromatic carbocycles. The molecular weight excluding hydrogens is 404 g/mol. The van der Waals surface area contributed by atoms with Gasteiger partial charge in [-0.3, -0.25) is 9.59 Å². The van der Waals surface area contributed by atoms with Gasteiger partial charge >= 0.3 is 11.9 Å². The second kappa shape index (κ2) is 13.0. The maximum absolute atomic E-state index is 12.0. The standard InChI is InChI=1S/C23H26O8/c1-28-10-11-29-12-13-30-22(26)8-9-23(27)31-21-15-18(14-20(25)16-21)3-2-17-4-6-19(24)7-5-17/h2-7,14-16,24-25H,8-13H2,1H3/b3-2+. The molecule has 0 atom stereocenters. The Labute approximate surface area is 180 Å². The summed E-state index contributed by atoms with van der Waals surface area (Å²) in [5.74, 6) is -0.880. The summed E-state index contributed by atoms with van der Waals surface area (Å²) in [7, 11) is 1.56. The number of carbonyl (C=O) groups is 2. The normalized spacial score (nSPS) is 10.9. The van der Waals surface area contributed by atoms with Gasteiger partial charge in [-0.1, -0.05) is 24.3 Å². The van der Waals surface area contributed by atoms with E-state index in [9.17, 15) is 19.8 Å². The van der Waals surface area contributed by atoms with Crippen LogP contribution in [0, 0.1) is 0 Å². The van der Waals surface area contributed by atoms with Gasteiger partial charge in [-0.2, -0.15) is 0 Å². The van der Waals surface area contributed by atoms with E-state index in [4.69, 9.17) is 18.9 Å². The van der Waals surface area contributed by atoms with Crippen LogP contribution in [-0.4, -0.2) is 55.7 Å². The van der Waals surface area contributed by atoms with Crippen molar-refractivity contribution in [1.82, 2.24) is 0 Å². The van der Waals surface area contributed by atoms with Crippen molar-refractivity contribution in [2.24, 2.45) is 0 Å². The first kappa shape index (κ1) is 23.9. The molecule has 31 heavy (non-hydrogen) atoms. The van der Waals surface area contributed by atoms with Gasteiger partial charge < -0.3 is 29.2 Å². The summed E-state index contributed by atoms with van der Waals surface area (Å²) in [6.45, 7) is 1.23. The molecule has 0 fully saturated rings. The number of phenolic OH excluding ortho intramolecular Hbond substituents is 2. The van der Waals surface area contributed by atoms with E-state index in [1.807, 2.05) is 0 Å². The van der Waals surface area contributed by atoms with Crippen molar-refractivity contribution in [3.63, 3.8) is 0 Å². The number of esters is 2. The zero-order valence-electron chi connectivity index (χ0n) is 17.3. The highest BCUT2D eigenvalue weighted by Crippen LogP contribution is 2.24. The largest absolute Gasteiger partial charge is 0.508 e. The van der Waals surface area contributed by atoms with Crippen molar-refractivity contribution in [3.8, 4) is 17.2 Å². The SMILES string of the molecule is COCCOCCOC(=O)CCC(=O)Oc1cc(O)cc(/C=C/c2ccc(O)cc2)c1. The fourth-order valence-electron chi connectivity index (χ4n) is 2.46. The molecule has 8 nitrogen and oxygen atoms in total. The molecule has 0 aliphatic rings. The molecule has 0 unspecified atom stereocenters. The maximum atomic E-state index is 12.0. The molecule has 0 saturated carbocycles. The number of hydrogen-bond donors (Lipinski definition) is 2. The Morgan fingerprint density at radius 1 is 0.806 bits per heavy atom. The molecule has 0 aliphatic heterocycles. The average molecular weight is 430 g/mol. The lowest BCUT2D eigenvalue weighted by atomic mass is 10.1. The number of aromatic hydroxyl groups is 2. The van der Waals surface area contributed by atoms with Crippen LogP contribution in [0.25, 0.3) is 12.2 Å². The van der Waals surface area contributed by atoms with Crippen molar-refractivity contribution >= 4 is 24.1 Å². The maximum Gasteiger partial charge on any atom is 0.311 e. The molecule has 0 spiro atoms. The first-order chi connectivity index (χ1) is 15.0. The number of ether oxygens (including phenoxy) is 4. The molecule has 2 rings (SSSR count). The van der Waals surface area contributed by atoms with Crippen LogP contribution < -0.4 is 4.74 Å². The zero-order valence-corrected chi connectivity index (χ0v) is 17.3. The third kappa shape index (κ3) is 9.79. The highest BCUT2D eigenvalue weighted by molar-refractivity contribution is 5.79. The predicted octanol–water partition coefficient (Wildman–Crippen LogP) is 3.16. The summed E-state index contributed by atoms with van der Waals surface area (Å²) in [4.78, 5) is 23.7. The van der Waals surface area contributed by atoms with Crippen LogP contribution in [0.3, 0.4) is 0 Å². The smallest absolute Gasteiger partial charge is 0.311 e. The lowest BCUT2D eigenvalue weighted by molar-refractivity contribution is -0.148. The average Bonchev–Trinajstić information content (AvgIpc) is 2.74. The molecule has 0 amide bonds. The molecule has 166 valence electrons. The molecule has 0 aliphatic carbocycles. The number of benzene rings is 2. The van der Waals surface area contributed by atoms with Gasteiger partial charge in [0.25, 0.3) is 0 Å². The Morgan fingerprint density at radius 2 is 1.48 bits per heavy atom. The van der Waals surface area contributed by atoms with E-state index in [1.54, 1.807) is 49.6 Å². The second-order valence-corrected chi connectivity index (χ2v) is 6.48. The van der Waals surface area contributed by atoms with E-state index in [-0.39, 0.29) is 43.3 Å². The van der Waals surface area contributed by atoms with Gasteiger partial charge in [-0.25, -0.2) is 0 Å². The number of rotatable bonds is 12. The van der Waals surface area contributed by atoms with Crippen LogP contribution in [0.1, 0.15) is 24.0 Å². The third-order valence-corrected chi connectivity index (χ3v) is 3.96. The van der Waals surface area contributed by atoms with Crippen LogP contribution in [0.4, 0.5) is 0 Å². The topological polar surface area (TPSA) is 112 Å². The van der Waals surface area contributed by atoms with Crippen molar-refractivity contribution in [3.05, 3.63) is 53.6 Å². The number of hydrogen-bond acceptors (Lipinski definition) is 8. The summed E-state index contributed by atoms with van der Waals surface area (Å²) in [5.41, 5.74) is 1.46. The van der Waals surface area contributed by atoms with Crippen LogP contribution in [0.5, 0.6) is 17.2 Å². The number of carbonyl (C=O) groups excluding carboxylic acids is 2. The fourth-order valence-corrected chi connectivity index (χ4v) is 2.46. The molecular formula is C23H26O8. The number of phenols is 2. The monoisotopic (exact) mass is 430 g/mol. The fraction of sp³-hybridized carbons (Fsp3) is 0.304. The molecule has 2 aromatic rings. The minimum atomic E-state index is -0.618. The van der Waals surface area contributed by atoms with E-state index >= 15 is 0 Å². The first-order valence-electron chi connectivity index (χ1n) is 9.70. The van der Waals surface area contributed by atoms with Crippen LogP contribution in [0.15, 0.2) is 42.5 Å². The third-order valence-electron chi connectivity index (χ3n) is 3.96. The van der Waals surface area contributed by atoms with E-state index in [0.717, 1.165) is 5.56 Å². The van der Waals surface area contributed by atoms with Gasteiger partial charge in [-0.05, 0) is 35.4 Å². The van der Waals surface area contributed by atoms with E-state index in [0.29, 0.717) is 18.8 Å². The van der Waals surface area contributed by atoms with Gasteiger partial charge in [0.1, 0.15) is 23.9 Å². The summed E-state index contributed by atoms with van der Waals surface area (Å²) < 4.78 is 20.2. The van der Waals surface area contributed by atoms with Crippen molar-refractivity contribution in [2.45, 2.75) is 12.8 Å². The van der Waals surface area contributed by atoms with Gasteiger partial charge in [0.15, 0.2) is 0 Å². The highest BCUT2D eigenvalue weighted by Gasteiger charge is 2.11. The van der Waals surface area contributed by atoms with Crippen LogP contribution >= 0.6 is 0 Å². The van der Waals surface area contributed by atoms with E-state index in [2.05, 4.69) is 0 Å². The predicted molar refractivity (Wildman–Crippen MR) is 114 cm³/mol. The van der Waals surface area contributed by atoms with Crippen LogP contribution in [0.2, 0.25) is 0 Å².